The van der Waals surface area contributed by atoms with Crippen LogP contribution in [0.15, 0.2) is 53.4 Å². The molecule has 0 saturated heterocycles. The number of hydrogen-bond donors (Lipinski definition) is 5. The van der Waals surface area contributed by atoms with E-state index in [1.165, 1.54) is 25.1 Å². The lowest BCUT2D eigenvalue weighted by Gasteiger charge is -2.14. The predicted molar refractivity (Wildman–Crippen MR) is 118 cm³/mol. The number of aliphatic carboxylic acids is 1. The number of hydrogen-bond acceptors (Lipinski definition) is 5. The molecule has 0 radical (unpaired) electrons. The van der Waals surface area contributed by atoms with Gasteiger partial charge in [-0.1, -0.05) is 36.4 Å². The van der Waals surface area contributed by atoms with Gasteiger partial charge < -0.3 is 16.2 Å². The standard InChI is InChI=1S/C21H26N4O5S/c1-14(21(27)28)25-31(29,30)18-8-4-3-7-17(18)24-19(26)9-5-2-6-15-10-12-16(13-11-15)20(22)23/h3-4,7-8,10-14,25H,2,5-6,9H2,1H3,(H3,22,23)(H,24,26)(H,27,28)/t14-/m0/s1. The summed E-state index contributed by atoms with van der Waals surface area (Å²) >= 11 is 0. The van der Waals surface area contributed by atoms with Crippen molar-refractivity contribution in [3.8, 4) is 0 Å². The van der Waals surface area contributed by atoms with Crippen molar-refractivity contribution in [3.63, 3.8) is 0 Å². The number of aryl methyl sites for hydroxylation is 1. The van der Waals surface area contributed by atoms with Gasteiger partial charge >= 0.3 is 5.97 Å². The molecule has 6 N–H and O–H groups in total. The highest BCUT2D eigenvalue weighted by Gasteiger charge is 2.24. The van der Waals surface area contributed by atoms with E-state index in [4.69, 9.17) is 16.2 Å². The van der Waals surface area contributed by atoms with Gasteiger partial charge in [0.1, 0.15) is 16.8 Å². The Morgan fingerprint density at radius 2 is 1.74 bits per heavy atom. The molecule has 0 heterocycles. The van der Waals surface area contributed by atoms with Crippen LogP contribution in [-0.2, 0) is 26.0 Å². The van der Waals surface area contributed by atoms with Gasteiger partial charge in [-0.25, -0.2) is 8.42 Å². The molecule has 0 aliphatic heterocycles. The van der Waals surface area contributed by atoms with Crippen LogP contribution in [0.3, 0.4) is 0 Å². The molecule has 1 atom stereocenters. The van der Waals surface area contributed by atoms with E-state index >= 15 is 0 Å². The summed E-state index contributed by atoms with van der Waals surface area (Å²) in [6.45, 7) is 1.22. The van der Waals surface area contributed by atoms with Crippen LogP contribution >= 0.6 is 0 Å². The Morgan fingerprint density at radius 1 is 1.10 bits per heavy atom. The zero-order valence-corrected chi connectivity index (χ0v) is 17.9. The van der Waals surface area contributed by atoms with E-state index in [9.17, 15) is 18.0 Å². The van der Waals surface area contributed by atoms with Crippen molar-refractivity contribution in [2.45, 2.75) is 43.5 Å². The van der Waals surface area contributed by atoms with Crippen LogP contribution in [0, 0.1) is 5.41 Å². The van der Waals surface area contributed by atoms with Crippen molar-refractivity contribution in [1.82, 2.24) is 4.72 Å². The summed E-state index contributed by atoms with van der Waals surface area (Å²) < 4.78 is 27.0. The van der Waals surface area contributed by atoms with E-state index in [1.807, 2.05) is 12.1 Å². The molecule has 1 amide bonds. The molecule has 0 bridgehead atoms. The van der Waals surface area contributed by atoms with Crippen LogP contribution in [0.25, 0.3) is 0 Å². The first-order chi connectivity index (χ1) is 14.6. The maximum Gasteiger partial charge on any atom is 0.321 e. The van der Waals surface area contributed by atoms with Crippen LogP contribution < -0.4 is 15.8 Å². The molecule has 2 rings (SSSR count). The molecule has 166 valence electrons. The van der Waals surface area contributed by atoms with Gasteiger partial charge in [0.25, 0.3) is 0 Å². The number of nitrogens with one attached hydrogen (secondary N) is 3. The van der Waals surface area contributed by atoms with Crippen LogP contribution in [0.2, 0.25) is 0 Å². The fourth-order valence-electron chi connectivity index (χ4n) is 2.83. The van der Waals surface area contributed by atoms with Crippen molar-refractivity contribution in [2.24, 2.45) is 5.73 Å². The molecule has 0 fully saturated rings. The summed E-state index contributed by atoms with van der Waals surface area (Å²) in [6.07, 6.45) is 2.32. The number of anilines is 1. The molecule has 31 heavy (non-hydrogen) atoms. The second kappa shape index (κ2) is 10.7. The summed E-state index contributed by atoms with van der Waals surface area (Å²) in [5, 5.41) is 18.9. The number of rotatable bonds is 11. The van der Waals surface area contributed by atoms with Gasteiger partial charge in [-0.15, -0.1) is 0 Å². The average Bonchev–Trinajstić information content (AvgIpc) is 2.71. The van der Waals surface area contributed by atoms with Gasteiger partial charge in [0.15, 0.2) is 0 Å². The molecule has 0 spiro atoms. The largest absolute Gasteiger partial charge is 0.480 e. The number of carbonyl (C=O) groups is 2. The van der Waals surface area contributed by atoms with Crippen molar-refractivity contribution >= 4 is 33.4 Å². The first-order valence-electron chi connectivity index (χ1n) is 9.67. The normalized spacial score (nSPS) is 12.2. The minimum atomic E-state index is -4.12. The first kappa shape index (κ1) is 24.0. The maximum atomic E-state index is 12.5. The molecule has 0 saturated carbocycles. The van der Waals surface area contributed by atoms with E-state index in [0.717, 1.165) is 18.4 Å². The van der Waals surface area contributed by atoms with E-state index < -0.39 is 22.0 Å². The Hall–Kier alpha value is -3.24. The summed E-state index contributed by atoms with van der Waals surface area (Å²) in [4.78, 5) is 23.1. The van der Waals surface area contributed by atoms with Gasteiger partial charge in [0.05, 0.1) is 5.69 Å². The molecule has 0 aliphatic rings. The number of nitrogens with two attached hydrogens (primary N) is 1. The molecular formula is C21H26N4O5S. The van der Waals surface area contributed by atoms with Crippen LogP contribution in [0.5, 0.6) is 0 Å². The Bertz CT molecular complexity index is 1050. The quantitative estimate of drug-likeness (QED) is 0.202. The average molecular weight is 447 g/mol. The third-order valence-corrected chi connectivity index (χ3v) is 6.14. The number of nitrogen functional groups attached to an aromatic ring is 1. The van der Waals surface area contributed by atoms with Crippen molar-refractivity contribution in [2.75, 3.05) is 5.32 Å². The van der Waals surface area contributed by atoms with Crippen LogP contribution in [-0.4, -0.2) is 37.3 Å². The minimum absolute atomic E-state index is 0.0122. The lowest BCUT2D eigenvalue weighted by Crippen LogP contribution is -2.38. The second-order valence-electron chi connectivity index (χ2n) is 7.04. The summed E-state index contributed by atoms with van der Waals surface area (Å²) in [6, 6.07) is 11.9. The highest BCUT2D eigenvalue weighted by molar-refractivity contribution is 7.89. The van der Waals surface area contributed by atoms with Gasteiger partial charge in [0.2, 0.25) is 15.9 Å². The molecule has 9 nitrogen and oxygen atoms in total. The fraction of sp³-hybridized carbons (Fsp3) is 0.286. The number of unbranched alkanes of at least 4 members (excludes halogenated alkanes) is 1. The Morgan fingerprint density at radius 3 is 2.35 bits per heavy atom. The number of carboxylic acids is 1. The topological polar surface area (TPSA) is 162 Å². The highest BCUT2D eigenvalue weighted by Crippen LogP contribution is 2.21. The predicted octanol–water partition coefficient (Wildman–Crippen LogP) is 2.07. The lowest BCUT2D eigenvalue weighted by molar-refractivity contribution is -0.138. The minimum Gasteiger partial charge on any atom is -0.480 e. The number of carbonyl (C=O) groups excluding carboxylic acids is 1. The number of para-hydroxylation sites is 1. The first-order valence-corrected chi connectivity index (χ1v) is 11.2. The lowest BCUT2D eigenvalue weighted by atomic mass is 10.0. The third kappa shape index (κ3) is 7.19. The van der Waals surface area contributed by atoms with Crippen molar-refractivity contribution in [3.05, 3.63) is 59.7 Å². The number of benzene rings is 2. The van der Waals surface area contributed by atoms with Crippen molar-refractivity contribution in [1.29, 1.82) is 5.41 Å². The summed E-state index contributed by atoms with van der Waals surface area (Å²) in [7, 11) is -4.12. The molecule has 10 heteroatoms. The van der Waals surface area contributed by atoms with Crippen molar-refractivity contribution < 1.29 is 23.1 Å². The molecule has 0 aliphatic carbocycles. The van der Waals surface area contributed by atoms with E-state index in [-0.39, 0.29) is 28.7 Å². The SMILES string of the molecule is C[C@H](NS(=O)(=O)c1ccccc1NC(=O)CCCCc1ccc(C(=N)N)cc1)C(=O)O. The number of sulfonamides is 1. The van der Waals surface area contributed by atoms with E-state index in [1.54, 1.807) is 18.2 Å². The number of amides is 1. The van der Waals surface area contributed by atoms with Crippen LogP contribution in [0.4, 0.5) is 5.69 Å². The second-order valence-corrected chi connectivity index (χ2v) is 8.73. The smallest absolute Gasteiger partial charge is 0.321 e. The third-order valence-electron chi connectivity index (χ3n) is 4.54. The Kier molecular flexibility index (Phi) is 8.29. The van der Waals surface area contributed by atoms with E-state index in [0.29, 0.717) is 12.0 Å². The summed E-state index contributed by atoms with van der Waals surface area (Å²) in [5.41, 5.74) is 7.25. The number of amidine groups is 1. The Balaban J connectivity index is 1.91. The molecule has 2 aromatic carbocycles. The zero-order valence-electron chi connectivity index (χ0n) is 17.1. The van der Waals surface area contributed by atoms with Gasteiger partial charge in [0, 0.05) is 12.0 Å². The molecule has 2 aromatic rings. The number of carboxylic acid groups (broad SMARTS) is 1. The zero-order chi connectivity index (χ0) is 23.0. The van der Waals surface area contributed by atoms with Gasteiger partial charge in [-0.3, -0.25) is 15.0 Å². The molecule has 0 unspecified atom stereocenters. The molecule has 0 aromatic heterocycles. The van der Waals surface area contributed by atoms with Gasteiger partial charge in [-0.05, 0) is 43.9 Å². The van der Waals surface area contributed by atoms with Gasteiger partial charge in [-0.2, -0.15) is 4.72 Å². The highest BCUT2D eigenvalue weighted by atomic mass is 32.2. The molecular weight excluding hydrogens is 420 g/mol. The fourth-order valence-corrected chi connectivity index (χ4v) is 4.19. The summed E-state index contributed by atoms with van der Waals surface area (Å²) in [5.74, 6) is -1.62. The van der Waals surface area contributed by atoms with Crippen LogP contribution in [0.1, 0.15) is 37.3 Å². The Labute approximate surface area is 181 Å². The monoisotopic (exact) mass is 446 g/mol. The maximum absolute atomic E-state index is 12.5. The van der Waals surface area contributed by atoms with E-state index in [2.05, 4.69) is 10.0 Å².